The summed E-state index contributed by atoms with van der Waals surface area (Å²) in [6.07, 6.45) is 1.30. The molecule has 1 aromatic carbocycles. The highest BCUT2D eigenvalue weighted by molar-refractivity contribution is 5.91. The van der Waals surface area contributed by atoms with Crippen LogP contribution in [0.1, 0.15) is 5.76 Å². The van der Waals surface area contributed by atoms with Crippen molar-refractivity contribution in [2.75, 3.05) is 13.2 Å². The van der Waals surface area contributed by atoms with Crippen LogP contribution in [0.15, 0.2) is 52.8 Å². The standard InChI is InChI=1S/C16H14FNO4/c17-12-3-1-11(2-4-12)14-6-5-13(22-14)9-18-16(19)15-10-20-7-8-21-15/h1-6,10H,7-9H2,(H,18,19). The molecule has 0 atom stereocenters. The Hall–Kier alpha value is -2.76. The quantitative estimate of drug-likeness (QED) is 0.943. The Balaban J connectivity index is 1.61. The molecule has 2 aromatic rings. The van der Waals surface area contributed by atoms with Gasteiger partial charge in [-0.3, -0.25) is 4.79 Å². The Morgan fingerprint density at radius 3 is 2.68 bits per heavy atom. The van der Waals surface area contributed by atoms with Crippen LogP contribution in [0, 0.1) is 5.82 Å². The Morgan fingerprint density at radius 1 is 1.14 bits per heavy atom. The third-order valence-electron chi connectivity index (χ3n) is 3.09. The third kappa shape index (κ3) is 3.28. The van der Waals surface area contributed by atoms with Gasteiger partial charge in [0.2, 0.25) is 5.76 Å². The Bertz CT molecular complexity index is 690. The number of hydrogen-bond acceptors (Lipinski definition) is 4. The van der Waals surface area contributed by atoms with Crippen molar-refractivity contribution in [3.05, 3.63) is 60.0 Å². The van der Waals surface area contributed by atoms with Gasteiger partial charge in [0, 0.05) is 5.56 Å². The molecule has 0 saturated heterocycles. The highest BCUT2D eigenvalue weighted by atomic mass is 19.1. The predicted molar refractivity (Wildman–Crippen MR) is 75.9 cm³/mol. The first kappa shape index (κ1) is 14.2. The molecular formula is C16H14FNO4. The number of rotatable bonds is 4. The van der Waals surface area contributed by atoms with Crippen molar-refractivity contribution in [1.29, 1.82) is 0 Å². The zero-order valence-electron chi connectivity index (χ0n) is 11.7. The average molecular weight is 303 g/mol. The zero-order chi connectivity index (χ0) is 15.4. The van der Waals surface area contributed by atoms with E-state index >= 15 is 0 Å². The minimum Gasteiger partial charge on any atom is -0.494 e. The molecule has 1 aliphatic rings. The molecule has 114 valence electrons. The SMILES string of the molecule is O=C(NCc1ccc(-c2ccc(F)cc2)o1)C1=COCCO1. The van der Waals surface area contributed by atoms with Crippen molar-refractivity contribution in [3.8, 4) is 11.3 Å². The molecule has 0 aliphatic carbocycles. The highest BCUT2D eigenvalue weighted by Gasteiger charge is 2.15. The van der Waals surface area contributed by atoms with Gasteiger partial charge >= 0.3 is 0 Å². The van der Waals surface area contributed by atoms with E-state index in [1.54, 1.807) is 24.3 Å². The summed E-state index contributed by atoms with van der Waals surface area (Å²) < 4.78 is 28.7. The van der Waals surface area contributed by atoms with Crippen molar-refractivity contribution in [1.82, 2.24) is 5.32 Å². The molecule has 2 heterocycles. The van der Waals surface area contributed by atoms with E-state index < -0.39 is 0 Å². The second-order valence-electron chi connectivity index (χ2n) is 4.66. The molecule has 0 fully saturated rings. The molecule has 0 unspecified atom stereocenters. The smallest absolute Gasteiger partial charge is 0.290 e. The van der Waals surface area contributed by atoms with Crippen LogP contribution in [0.2, 0.25) is 0 Å². The van der Waals surface area contributed by atoms with Crippen molar-refractivity contribution < 1.29 is 23.1 Å². The Labute approximate surface area is 126 Å². The van der Waals surface area contributed by atoms with E-state index in [9.17, 15) is 9.18 Å². The molecule has 0 bridgehead atoms. The molecule has 3 rings (SSSR count). The van der Waals surface area contributed by atoms with Gasteiger partial charge in [-0.25, -0.2) is 4.39 Å². The van der Waals surface area contributed by atoms with Gasteiger partial charge in [-0.1, -0.05) is 0 Å². The maximum absolute atomic E-state index is 12.9. The zero-order valence-corrected chi connectivity index (χ0v) is 11.7. The predicted octanol–water partition coefficient (Wildman–Crippen LogP) is 2.59. The normalized spacial score (nSPS) is 13.8. The summed E-state index contributed by atoms with van der Waals surface area (Å²) in [6.45, 7) is 1.02. The third-order valence-corrected chi connectivity index (χ3v) is 3.09. The first-order valence-corrected chi connectivity index (χ1v) is 6.80. The molecule has 0 spiro atoms. The van der Waals surface area contributed by atoms with Gasteiger partial charge in [0.05, 0.1) is 6.54 Å². The number of halogens is 1. The lowest BCUT2D eigenvalue weighted by Crippen LogP contribution is -2.27. The first-order chi connectivity index (χ1) is 10.7. The van der Waals surface area contributed by atoms with Gasteiger partial charge < -0.3 is 19.2 Å². The van der Waals surface area contributed by atoms with Crippen molar-refractivity contribution in [2.24, 2.45) is 0 Å². The summed E-state index contributed by atoms with van der Waals surface area (Å²) in [6, 6.07) is 9.53. The number of benzene rings is 1. The molecule has 1 N–H and O–H groups in total. The van der Waals surface area contributed by atoms with Crippen LogP contribution in [0.4, 0.5) is 4.39 Å². The van der Waals surface area contributed by atoms with Crippen LogP contribution in [-0.2, 0) is 20.8 Å². The van der Waals surface area contributed by atoms with Gasteiger partial charge in [-0.15, -0.1) is 0 Å². The topological polar surface area (TPSA) is 60.7 Å². The Morgan fingerprint density at radius 2 is 1.95 bits per heavy atom. The van der Waals surface area contributed by atoms with Crippen LogP contribution < -0.4 is 5.32 Å². The van der Waals surface area contributed by atoms with Crippen molar-refractivity contribution >= 4 is 5.91 Å². The fraction of sp³-hybridized carbons (Fsp3) is 0.188. The molecule has 1 aromatic heterocycles. The summed E-state index contributed by atoms with van der Waals surface area (Å²) in [4.78, 5) is 11.8. The molecule has 1 aliphatic heterocycles. The largest absolute Gasteiger partial charge is 0.494 e. The minimum atomic E-state index is -0.362. The van der Waals surface area contributed by atoms with E-state index in [0.717, 1.165) is 5.56 Å². The molecule has 6 heteroatoms. The molecule has 5 nitrogen and oxygen atoms in total. The van der Waals surface area contributed by atoms with Crippen molar-refractivity contribution in [3.63, 3.8) is 0 Å². The number of nitrogens with one attached hydrogen (secondary N) is 1. The average Bonchev–Trinajstić information content (AvgIpc) is 3.03. The van der Waals surface area contributed by atoms with E-state index in [0.29, 0.717) is 24.7 Å². The van der Waals surface area contributed by atoms with E-state index in [4.69, 9.17) is 13.9 Å². The number of ether oxygens (including phenoxy) is 2. The van der Waals surface area contributed by atoms with Gasteiger partial charge in [0.25, 0.3) is 5.91 Å². The molecule has 0 radical (unpaired) electrons. The summed E-state index contributed by atoms with van der Waals surface area (Å²) in [5.41, 5.74) is 0.769. The van der Waals surface area contributed by atoms with Gasteiger partial charge in [0.15, 0.2) is 0 Å². The van der Waals surface area contributed by atoms with E-state index in [2.05, 4.69) is 5.32 Å². The maximum Gasteiger partial charge on any atom is 0.290 e. The molecule has 1 amide bonds. The second kappa shape index (κ2) is 6.34. The number of amides is 1. The van der Waals surface area contributed by atoms with Crippen LogP contribution in [-0.4, -0.2) is 19.1 Å². The summed E-state index contributed by atoms with van der Waals surface area (Å²) in [7, 11) is 0. The van der Waals surface area contributed by atoms with Crippen LogP contribution in [0.5, 0.6) is 0 Å². The lowest BCUT2D eigenvalue weighted by molar-refractivity contribution is -0.122. The number of hydrogen-bond donors (Lipinski definition) is 1. The van der Waals surface area contributed by atoms with Crippen LogP contribution >= 0.6 is 0 Å². The van der Waals surface area contributed by atoms with Gasteiger partial charge in [-0.2, -0.15) is 0 Å². The van der Waals surface area contributed by atoms with Gasteiger partial charge in [0.1, 0.15) is 36.8 Å². The molecular weight excluding hydrogens is 289 g/mol. The van der Waals surface area contributed by atoms with Gasteiger partial charge in [-0.05, 0) is 36.4 Å². The molecule has 22 heavy (non-hydrogen) atoms. The lowest BCUT2D eigenvalue weighted by atomic mass is 10.2. The number of carbonyl (C=O) groups is 1. The summed E-state index contributed by atoms with van der Waals surface area (Å²) >= 11 is 0. The monoisotopic (exact) mass is 303 g/mol. The number of furan rings is 1. The van der Waals surface area contributed by atoms with E-state index in [1.165, 1.54) is 18.4 Å². The number of carbonyl (C=O) groups excluding carboxylic acids is 1. The highest BCUT2D eigenvalue weighted by Crippen LogP contribution is 2.22. The summed E-state index contributed by atoms with van der Waals surface area (Å²) in [5, 5.41) is 2.68. The second-order valence-corrected chi connectivity index (χ2v) is 4.66. The van der Waals surface area contributed by atoms with Crippen molar-refractivity contribution in [2.45, 2.75) is 6.54 Å². The minimum absolute atomic E-state index is 0.150. The molecule has 0 saturated carbocycles. The maximum atomic E-state index is 12.9. The lowest BCUT2D eigenvalue weighted by Gasteiger charge is -2.14. The first-order valence-electron chi connectivity index (χ1n) is 6.80. The fourth-order valence-corrected chi connectivity index (χ4v) is 1.98. The summed E-state index contributed by atoms with van der Waals surface area (Å²) in [5.74, 6) is 0.687. The van der Waals surface area contributed by atoms with Crippen LogP contribution in [0.3, 0.4) is 0 Å². The fourth-order valence-electron chi connectivity index (χ4n) is 1.98. The van der Waals surface area contributed by atoms with Crippen LogP contribution in [0.25, 0.3) is 11.3 Å². The van der Waals surface area contributed by atoms with E-state index in [1.807, 2.05) is 0 Å². The van der Waals surface area contributed by atoms with E-state index in [-0.39, 0.29) is 24.0 Å². The Kier molecular flexibility index (Phi) is 4.09.